The van der Waals surface area contributed by atoms with E-state index in [1.54, 1.807) is 0 Å². The van der Waals surface area contributed by atoms with Crippen LogP contribution in [0.25, 0.3) is 0 Å². The Morgan fingerprint density at radius 2 is 1.06 bits per heavy atom. The molecule has 0 atom stereocenters. The summed E-state index contributed by atoms with van der Waals surface area (Å²) >= 11 is -11.8. The Kier molecular flexibility index (Phi) is 65.3. The molecular formula is HCl5Cr2NaO7Ta. The molecule has 1 N–H and O–H groups in total. The molecule has 16 heteroatoms. The van der Waals surface area contributed by atoms with Gasteiger partial charge in [0, 0.05) is 0 Å². The quantitative estimate of drug-likeness (QED) is 0.314. The molecule has 0 radical (unpaired) electrons. The van der Waals surface area contributed by atoms with Crippen molar-refractivity contribution in [1.82, 2.24) is 0 Å². The average Bonchev–Trinajstić information content (AvgIpc) is 1.14. The molecule has 0 aromatic heterocycles. The van der Waals surface area contributed by atoms with Gasteiger partial charge in [-0.3, -0.25) is 0 Å². The molecule has 0 unspecified atom stereocenters. The summed E-state index contributed by atoms with van der Waals surface area (Å²) in [4.78, 5) is 0. The Hall–Kier alpha value is 3.34. The Labute approximate surface area is 165 Å². The number of hydrogen-bond donors (Lipinski definition) is 1. The maximum atomic E-state index is 9.49. The van der Waals surface area contributed by atoms with E-state index in [0.29, 0.717) is 0 Å². The van der Waals surface area contributed by atoms with Crippen LogP contribution in [-0.2, 0) is 67.7 Å². The first-order valence-electron chi connectivity index (χ1n) is 1.35. The first-order chi connectivity index (χ1) is 3.71. The van der Waals surface area contributed by atoms with E-state index in [-0.39, 0.29) is 114 Å². The molecule has 7 nitrogen and oxygen atoms in total. The molecule has 0 saturated heterocycles. The largest absolute Gasteiger partial charge is 5.00 e. The van der Waals surface area contributed by atoms with Crippen LogP contribution in [0.1, 0.15) is 0 Å². The van der Waals surface area contributed by atoms with Gasteiger partial charge in [-0.1, -0.05) is 0 Å². The minimum atomic E-state index is -6.01. The molecule has 0 aromatic carbocycles. The Bertz CT molecular complexity index is 256. The van der Waals surface area contributed by atoms with E-state index < -0.39 is 27.2 Å². The van der Waals surface area contributed by atoms with Crippen molar-refractivity contribution in [2.45, 2.75) is 0 Å². The standard InChI is InChI=1S/5ClH.2Cr.Na.H2O.6O.Ta/h5*1H;;;;1H2;;;;;;;/q;;;;;;2*+1;;;;;;;-1;+5/p-6. The van der Waals surface area contributed by atoms with E-state index in [9.17, 15) is 19.4 Å². The molecule has 96 valence electrons. The Morgan fingerprint density at radius 3 is 1.06 bits per heavy atom. The summed E-state index contributed by atoms with van der Waals surface area (Å²) in [6, 6.07) is 0. The fraction of sp³-hybridized carbons (Fsp3) is 0. The van der Waals surface area contributed by atoms with Crippen LogP contribution in [0.2, 0.25) is 0 Å². The summed E-state index contributed by atoms with van der Waals surface area (Å²) < 4.78 is 57.6. The molecule has 0 aromatic rings. The number of halogens is 5. The van der Waals surface area contributed by atoms with Crippen LogP contribution in [0.3, 0.4) is 0 Å². The van der Waals surface area contributed by atoms with Gasteiger partial charge in [0.2, 0.25) is 0 Å². The molecule has 0 amide bonds. The van der Waals surface area contributed by atoms with Crippen LogP contribution >= 0.6 is 0 Å². The van der Waals surface area contributed by atoms with Crippen LogP contribution < -0.4 is 95.8 Å². The van der Waals surface area contributed by atoms with Gasteiger partial charge in [0.25, 0.3) is 0 Å². The van der Waals surface area contributed by atoms with Crippen LogP contribution in [-0.4, -0.2) is 4.16 Å². The van der Waals surface area contributed by atoms with Crippen molar-refractivity contribution >= 4 is 0 Å². The second-order valence-corrected chi connectivity index (χ2v) is 4.60. The SMILES string of the molecule is [Cl-].[Cl-].[Cl-].[Cl-].[Cl-].[Na+].[O]=[Cr](=[O])([O-])[O][Cr](=[O])(=[O])[OH].[Ta+5]. The zero-order valence-electron chi connectivity index (χ0n) is 7.05. The molecule has 0 aliphatic rings. The summed E-state index contributed by atoms with van der Waals surface area (Å²) in [7, 11) is 0. The summed E-state index contributed by atoms with van der Waals surface area (Å²) in [5, 5.41) is 0. The van der Waals surface area contributed by atoms with Gasteiger partial charge in [-0.15, -0.1) is 0 Å². The van der Waals surface area contributed by atoms with Gasteiger partial charge in [0.1, 0.15) is 0 Å². The van der Waals surface area contributed by atoms with Crippen LogP contribution in [0.4, 0.5) is 0 Å². The van der Waals surface area contributed by atoms with Gasteiger partial charge in [-0.2, -0.15) is 0 Å². The molecule has 16 heavy (non-hydrogen) atoms. The van der Waals surface area contributed by atoms with Crippen molar-refractivity contribution < 1.29 is 168 Å². The Balaban J connectivity index is -0.0000000152. The van der Waals surface area contributed by atoms with E-state index in [0.717, 1.165) is 0 Å². The maximum Gasteiger partial charge on any atom is 5.00 e. The summed E-state index contributed by atoms with van der Waals surface area (Å²) in [6.45, 7) is 0. The van der Waals surface area contributed by atoms with E-state index >= 15 is 0 Å². The van der Waals surface area contributed by atoms with Gasteiger partial charge < -0.3 is 62.0 Å². The van der Waals surface area contributed by atoms with Gasteiger partial charge in [0.05, 0.1) is 0 Å². The predicted octanol–water partition coefficient (Wildman–Crippen LogP) is -20.3. The molecule has 0 aliphatic carbocycles. The van der Waals surface area contributed by atoms with Crippen molar-refractivity contribution in [3.8, 4) is 0 Å². The number of rotatable bonds is 2. The monoisotopic (exact) mass is 596 g/mol. The second-order valence-electron chi connectivity index (χ2n) is 0.904. The van der Waals surface area contributed by atoms with E-state index in [1.807, 2.05) is 0 Å². The smallest absolute Gasteiger partial charge is 5.00 e. The summed E-state index contributed by atoms with van der Waals surface area (Å²) in [6.07, 6.45) is 0. The molecule has 0 fully saturated rings. The first-order valence-corrected chi connectivity index (χ1v) is 5.56. The van der Waals surface area contributed by atoms with Gasteiger partial charge >= 0.3 is 106 Å². The van der Waals surface area contributed by atoms with Crippen molar-refractivity contribution in [3.05, 3.63) is 0 Å². The molecule has 0 rings (SSSR count). The minimum absolute atomic E-state index is 0. The fourth-order valence-electron chi connectivity index (χ4n) is 0.105. The third-order valence-electron chi connectivity index (χ3n) is 0.169. The molecule has 0 heterocycles. The summed E-state index contributed by atoms with van der Waals surface area (Å²) in [5.74, 6) is 0. The van der Waals surface area contributed by atoms with E-state index in [2.05, 4.69) is 2.84 Å². The Morgan fingerprint density at radius 1 is 0.875 bits per heavy atom. The molecule has 0 spiro atoms. The minimum Gasteiger partial charge on any atom is 5.00 e. The third-order valence-corrected chi connectivity index (χ3v) is 2.88. The molecule has 0 aliphatic heterocycles. The zero-order valence-corrected chi connectivity index (χ0v) is 18.6. The van der Waals surface area contributed by atoms with Gasteiger partial charge in [-0.25, -0.2) is 0 Å². The first kappa shape index (κ1) is 50.6. The predicted molar refractivity (Wildman–Crippen MR) is 6.05 cm³/mol. The molecular weight excluding hydrogens is 597 g/mol. The summed E-state index contributed by atoms with van der Waals surface area (Å²) in [5.41, 5.74) is 0. The van der Waals surface area contributed by atoms with E-state index in [4.69, 9.17) is 4.16 Å². The normalized spacial score (nSPS) is 7.62. The van der Waals surface area contributed by atoms with Crippen LogP contribution in [0.15, 0.2) is 0 Å². The van der Waals surface area contributed by atoms with Gasteiger partial charge in [0.15, 0.2) is 0 Å². The number of hydrogen-bond acceptors (Lipinski definition) is 6. The molecule has 0 bridgehead atoms. The van der Waals surface area contributed by atoms with Crippen molar-refractivity contribution in [3.63, 3.8) is 0 Å². The van der Waals surface area contributed by atoms with E-state index in [1.165, 1.54) is 0 Å². The van der Waals surface area contributed by atoms with Crippen molar-refractivity contribution in [1.29, 1.82) is 0 Å². The maximum absolute atomic E-state index is 9.49. The van der Waals surface area contributed by atoms with Crippen LogP contribution in [0, 0.1) is 0 Å². The van der Waals surface area contributed by atoms with Crippen molar-refractivity contribution in [2.24, 2.45) is 0 Å². The fourth-order valence-corrected chi connectivity index (χ4v) is 1.79. The second kappa shape index (κ2) is 20.6. The van der Waals surface area contributed by atoms with Crippen LogP contribution in [0.5, 0.6) is 0 Å². The zero-order chi connectivity index (χ0) is 7.71. The molecule has 0 saturated carbocycles. The average molecular weight is 598 g/mol. The third kappa shape index (κ3) is 53.1. The van der Waals surface area contributed by atoms with Gasteiger partial charge in [-0.05, 0) is 0 Å². The van der Waals surface area contributed by atoms with Crippen molar-refractivity contribution in [2.75, 3.05) is 0 Å². The topological polar surface area (TPSA) is 121 Å².